The number of benzene rings is 2. The van der Waals surface area contributed by atoms with Gasteiger partial charge in [0.25, 0.3) is 0 Å². The molecule has 6 heteroatoms. The van der Waals surface area contributed by atoms with Crippen LogP contribution >= 0.6 is 0 Å². The number of nitrogens with two attached hydrogens (primary N) is 1. The Bertz CT molecular complexity index is 994. The van der Waals surface area contributed by atoms with E-state index in [-0.39, 0.29) is 11.0 Å². The summed E-state index contributed by atoms with van der Waals surface area (Å²) in [5.74, 6) is -0.903. The van der Waals surface area contributed by atoms with Gasteiger partial charge in [-0.3, -0.25) is 0 Å². The van der Waals surface area contributed by atoms with Crippen LogP contribution in [0.25, 0.3) is 22.0 Å². The zero-order valence-electron chi connectivity index (χ0n) is 16.2. The fourth-order valence-corrected chi connectivity index (χ4v) is 3.58. The van der Waals surface area contributed by atoms with Crippen molar-refractivity contribution in [1.29, 1.82) is 0 Å². The van der Waals surface area contributed by atoms with E-state index >= 15 is 0 Å². The van der Waals surface area contributed by atoms with Crippen LogP contribution in [0.15, 0.2) is 42.6 Å². The molecule has 0 amide bonds. The molecule has 0 bridgehead atoms. The molecule has 2 N–H and O–H groups in total. The van der Waals surface area contributed by atoms with E-state index in [1.807, 2.05) is 16.8 Å². The Morgan fingerprint density at radius 3 is 2.32 bits per heavy atom. The molecule has 3 rings (SSSR count). The number of aromatic nitrogens is 1. The molecule has 0 fully saturated rings. The summed E-state index contributed by atoms with van der Waals surface area (Å²) < 4.78 is 55.9. The first-order valence-corrected chi connectivity index (χ1v) is 9.18. The molecule has 0 aliphatic carbocycles. The molecule has 2 nitrogen and oxygen atoms in total. The van der Waals surface area contributed by atoms with Gasteiger partial charge in [-0.15, -0.1) is 0 Å². The van der Waals surface area contributed by atoms with Crippen LogP contribution in [0.1, 0.15) is 31.9 Å². The highest BCUT2D eigenvalue weighted by molar-refractivity contribution is 5.89. The smallest absolute Gasteiger partial charge is 0.346 e. The van der Waals surface area contributed by atoms with Crippen molar-refractivity contribution < 1.29 is 17.6 Å². The molecule has 0 spiro atoms. The quantitative estimate of drug-likeness (QED) is 0.541. The first kappa shape index (κ1) is 20.4. The molecule has 28 heavy (non-hydrogen) atoms. The lowest BCUT2D eigenvalue weighted by atomic mass is 9.87. The number of nitrogens with zero attached hydrogens (tertiary/aromatic N) is 1. The molecule has 0 atom stereocenters. The van der Waals surface area contributed by atoms with Crippen LogP contribution in [0.4, 0.5) is 17.6 Å². The number of fused-ring (bicyclic) bond motifs is 1. The van der Waals surface area contributed by atoms with Crippen LogP contribution in [0, 0.1) is 11.2 Å². The van der Waals surface area contributed by atoms with E-state index in [0.29, 0.717) is 24.7 Å². The monoisotopic (exact) mass is 392 g/mol. The largest absolute Gasteiger partial charge is 0.417 e. The number of halogens is 4. The van der Waals surface area contributed by atoms with Crippen molar-refractivity contribution in [2.75, 3.05) is 6.54 Å². The Morgan fingerprint density at radius 2 is 1.71 bits per heavy atom. The van der Waals surface area contributed by atoms with Gasteiger partial charge in [0.15, 0.2) is 0 Å². The predicted molar refractivity (Wildman–Crippen MR) is 105 cm³/mol. The third kappa shape index (κ3) is 4.22. The fraction of sp³-hybridized carbons (Fsp3) is 0.364. The van der Waals surface area contributed by atoms with Crippen LogP contribution in [-0.2, 0) is 19.1 Å². The van der Waals surface area contributed by atoms with E-state index < -0.39 is 17.6 Å². The van der Waals surface area contributed by atoms with Gasteiger partial charge in [-0.2, -0.15) is 13.2 Å². The Hall–Kier alpha value is -2.34. The first-order valence-electron chi connectivity index (χ1n) is 9.18. The lowest BCUT2D eigenvalue weighted by Crippen LogP contribution is -2.10. The van der Waals surface area contributed by atoms with Gasteiger partial charge in [0.1, 0.15) is 5.82 Å². The van der Waals surface area contributed by atoms with E-state index in [1.165, 1.54) is 6.07 Å². The van der Waals surface area contributed by atoms with Crippen molar-refractivity contribution in [2.24, 2.45) is 11.1 Å². The molecule has 2 aromatic carbocycles. The molecule has 0 aliphatic heterocycles. The van der Waals surface area contributed by atoms with E-state index in [0.717, 1.165) is 29.0 Å². The molecule has 1 aromatic heterocycles. The van der Waals surface area contributed by atoms with E-state index in [1.54, 1.807) is 12.1 Å². The van der Waals surface area contributed by atoms with Crippen molar-refractivity contribution in [2.45, 2.75) is 39.9 Å². The van der Waals surface area contributed by atoms with E-state index in [9.17, 15) is 17.6 Å². The molecular formula is C22H24F4N2. The summed E-state index contributed by atoms with van der Waals surface area (Å²) in [6.07, 6.45) is -1.83. The van der Waals surface area contributed by atoms with E-state index in [4.69, 9.17) is 5.73 Å². The minimum atomic E-state index is -4.63. The zero-order valence-corrected chi connectivity index (χ0v) is 16.2. The van der Waals surface area contributed by atoms with E-state index in [2.05, 4.69) is 20.8 Å². The van der Waals surface area contributed by atoms with Gasteiger partial charge in [-0.25, -0.2) is 4.39 Å². The fourth-order valence-electron chi connectivity index (χ4n) is 3.58. The van der Waals surface area contributed by atoms with Gasteiger partial charge in [0.2, 0.25) is 0 Å². The minimum Gasteiger partial charge on any atom is -0.346 e. The number of alkyl halides is 3. The number of hydrogen-bond acceptors (Lipinski definition) is 1. The molecule has 3 aromatic rings. The third-order valence-electron chi connectivity index (χ3n) is 4.65. The van der Waals surface area contributed by atoms with Crippen molar-refractivity contribution >= 4 is 10.9 Å². The third-order valence-corrected chi connectivity index (χ3v) is 4.65. The summed E-state index contributed by atoms with van der Waals surface area (Å²) >= 11 is 0. The highest BCUT2D eigenvalue weighted by atomic mass is 19.4. The van der Waals surface area contributed by atoms with Crippen LogP contribution < -0.4 is 5.73 Å². The maximum absolute atomic E-state index is 13.5. The first-order chi connectivity index (χ1) is 13.0. The second-order valence-electron chi connectivity index (χ2n) is 8.29. The van der Waals surface area contributed by atoms with Crippen molar-refractivity contribution in [1.82, 2.24) is 4.57 Å². The standard InChI is InChI=1S/C22H24F4N2/c1-21(2,3)12-15-13-28(9-8-27)20-7-4-14(10-18(15)20)17-6-5-16(23)11-19(17)22(24,25)26/h4-7,10-11,13H,8-9,12,27H2,1-3H3. The van der Waals surface area contributed by atoms with Gasteiger partial charge in [-0.05, 0) is 52.8 Å². The second kappa shape index (κ2) is 7.24. The highest BCUT2D eigenvalue weighted by Crippen LogP contribution is 2.39. The molecule has 0 aliphatic rings. The Kier molecular flexibility index (Phi) is 5.28. The second-order valence-corrected chi connectivity index (χ2v) is 8.29. The summed E-state index contributed by atoms with van der Waals surface area (Å²) in [6.45, 7) is 7.45. The summed E-state index contributed by atoms with van der Waals surface area (Å²) in [5.41, 5.74) is 7.15. The van der Waals surface area contributed by atoms with Crippen LogP contribution in [0.2, 0.25) is 0 Å². The summed E-state index contributed by atoms with van der Waals surface area (Å²) in [7, 11) is 0. The average Bonchev–Trinajstić information content (AvgIpc) is 2.89. The molecule has 0 saturated heterocycles. The normalized spacial score (nSPS) is 12.7. The lowest BCUT2D eigenvalue weighted by molar-refractivity contribution is -0.137. The summed E-state index contributed by atoms with van der Waals surface area (Å²) in [5, 5.41) is 0.901. The molecule has 150 valence electrons. The Labute approximate surface area is 162 Å². The Balaban J connectivity index is 2.21. The van der Waals surface area contributed by atoms with Crippen LogP contribution in [0.3, 0.4) is 0 Å². The summed E-state index contributed by atoms with van der Waals surface area (Å²) in [4.78, 5) is 0. The minimum absolute atomic E-state index is 0.0187. The molecule has 0 saturated carbocycles. The van der Waals surface area contributed by atoms with Crippen molar-refractivity contribution in [3.05, 3.63) is 59.5 Å². The van der Waals surface area contributed by atoms with Gasteiger partial charge in [0, 0.05) is 30.2 Å². The highest BCUT2D eigenvalue weighted by Gasteiger charge is 2.34. The molecule has 0 unspecified atom stereocenters. The summed E-state index contributed by atoms with van der Waals surface area (Å²) in [6, 6.07) is 8.04. The Morgan fingerprint density at radius 1 is 1.00 bits per heavy atom. The maximum Gasteiger partial charge on any atom is 0.417 e. The average molecular weight is 392 g/mol. The molecule has 1 heterocycles. The van der Waals surface area contributed by atoms with Crippen molar-refractivity contribution in [3.63, 3.8) is 0 Å². The maximum atomic E-state index is 13.5. The van der Waals surface area contributed by atoms with Crippen LogP contribution in [0.5, 0.6) is 0 Å². The van der Waals surface area contributed by atoms with Gasteiger partial charge >= 0.3 is 6.18 Å². The van der Waals surface area contributed by atoms with Gasteiger partial charge < -0.3 is 10.3 Å². The van der Waals surface area contributed by atoms with Gasteiger partial charge in [0.05, 0.1) is 5.56 Å². The molecular weight excluding hydrogens is 368 g/mol. The predicted octanol–water partition coefficient (Wildman–Crippen LogP) is 6.01. The topological polar surface area (TPSA) is 30.9 Å². The zero-order chi connectivity index (χ0) is 20.7. The number of hydrogen-bond donors (Lipinski definition) is 1. The SMILES string of the molecule is CC(C)(C)Cc1cn(CCN)c2ccc(-c3ccc(F)cc3C(F)(F)F)cc12. The van der Waals surface area contributed by atoms with Crippen molar-refractivity contribution in [3.8, 4) is 11.1 Å². The lowest BCUT2D eigenvalue weighted by Gasteiger charge is -2.17. The number of rotatable bonds is 4. The van der Waals surface area contributed by atoms with Gasteiger partial charge in [-0.1, -0.05) is 32.9 Å². The molecule has 0 radical (unpaired) electrons. The van der Waals surface area contributed by atoms with Crippen LogP contribution in [-0.4, -0.2) is 11.1 Å².